The smallest absolute Gasteiger partial charge is 0.258 e. The molecule has 0 spiro atoms. The lowest BCUT2D eigenvalue weighted by atomic mass is 10.1. The van der Waals surface area contributed by atoms with Crippen molar-refractivity contribution in [3.63, 3.8) is 0 Å². The second-order valence-corrected chi connectivity index (χ2v) is 8.19. The number of hydrogen-bond acceptors (Lipinski definition) is 3. The van der Waals surface area contributed by atoms with Crippen LogP contribution in [-0.4, -0.2) is 27.4 Å². The molecule has 0 radical (unpaired) electrons. The van der Waals surface area contributed by atoms with Crippen LogP contribution in [0, 0.1) is 0 Å². The summed E-state index contributed by atoms with van der Waals surface area (Å²) in [4.78, 5) is 14.6. The first kappa shape index (κ1) is 17.1. The van der Waals surface area contributed by atoms with Gasteiger partial charge in [-0.3, -0.25) is 4.79 Å². The van der Waals surface area contributed by atoms with Crippen LogP contribution < -0.4 is 9.62 Å². The van der Waals surface area contributed by atoms with Crippen LogP contribution in [0.1, 0.15) is 22.8 Å². The molecule has 7 heteroatoms. The molecule has 0 atom stereocenters. The van der Waals surface area contributed by atoms with Gasteiger partial charge < -0.3 is 4.90 Å². The standard InChI is InChI=1S/C17H17BrN2O3S/c1-2-19-24(22,23)15-6-3-12(4-7-15)17(21)20-10-9-13-11-14(18)5-8-16(13)20/h3-8,11,19H,2,9-10H2,1H3. The summed E-state index contributed by atoms with van der Waals surface area (Å²) in [5, 5.41) is 0. The molecule has 1 amide bonds. The molecular weight excluding hydrogens is 392 g/mol. The Hall–Kier alpha value is -1.70. The number of halogens is 1. The first-order chi connectivity index (χ1) is 11.4. The average molecular weight is 409 g/mol. The molecule has 5 nitrogen and oxygen atoms in total. The summed E-state index contributed by atoms with van der Waals surface area (Å²) in [7, 11) is -3.51. The molecule has 2 aromatic carbocycles. The van der Waals surface area contributed by atoms with Gasteiger partial charge in [0.25, 0.3) is 5.91 Å². The number of sulfonamides is 1. The molecule has 0 aromatic heterocycles. The Labute approximate surface area is 149 Å². The van der Waals surface area contributed by atoms with Crippen molar-refractivity contribution < 1.29 is 13.2 Å². The molecule has 0 saturated carbocycles. The van der Waals surface area contributed by atoms with Crippen LogP contribution in [0.4, 0.5) is 5.69 Å². The molecule has 1 N–H and O–H groups in total. The van der Waals surface area contributed by atoms with E-state index in [1.807, 2.05) is 18.2 Å². The number of anilines is 1. The topological polar surface area (TPSA) is 66.5 Å². The molecule has 3 rings (SSSR count). The van der Waals surface area contributed by atoms with E-state index in [0.717, 1.165) is 22.1 Å². The van der Waals surface area contributed by atoms with E-state index in [2.05, 4.69) is 20.7 Å². The molecule has 1 heterocycles. The van der Waals surface area contributed by atoms with Crippen LogP contribution in [0.15, 0.2) is 51.8 Å². The lowest BCUT2D eigenvalue weighted by Gasteiger charge is -2.17. The van der Waals surface area contributed by atoms with Gasteiger partial charge in [0.1, 0.15) is 0 Å². The molecule has 126 valence electrons. The molecule has 0 saturated heterocycles. The Morgan fingerprint density at radius 3 is 2.58 bits per heavy atom. The number of amides is 1. The van der Waals surface area contributed by atoms with Crippen molar-refractivity contribution in [2.75, 3.05) is 18.0 Å². The van der Waals surface area contributed by atoms with Crippen molar-refractivity contribution in [3.8, 4) is 0 Å². The Bertz CT molecular complexity index is 879. The van der Waals surface area contributed by atoms with Gasteiger partial charge in [0.05, 0.1) is 4.90 Å². The normalized spacial score (nSPS) is 13.8. The van der Waals surface area contributed by atoms with Crippen molar-refractivity contribution in [2.45, 2.75) is 18.2 Å². The van der Waals surface area contributed by atoms with E-state index in [9.17, 15) is 13.2 Å². The molecule has 0 aliphatic carbocycles. The van der Waals surface area contributed by atoms with Crippen LogP contribution in [-0.2, 0) is 16.4 Å². The van der Waals surface area contributed by atoms with Gasteiger partial charge in [0, 0.05) is 28.8 Å². The fourth-order valence-corrected chi connectivity index (χ4v) is 4.24. The summed E-state index contributed by atoms with van der Waals surface area (Å²) in [5.74, 6) is -0.122. The van der Waals surface area contributed by atoms with E-state index in [1.165, 1.54) is 12.1 Å². The van der Waals surface area contributed by atoms with E-state index >= 15 is 0 Å². The average Bonchev–Trinajstić information content (AvgIpc) is 2.97. The van der Waals surface area contributed by atoms with Crippen molar-refractivity contribution in [3.05, 3.63) is 58.1 Å². The SMILES string of the molecule is CCNS(=O)(=O)c1ccc(C(=O)N2CCc3cc(Br)ccc32)cc1. The maximum absolute atomic E-state index is 12.7. The van der Waals surface area contributed by atoms with E-state index in [1.54, 1.807) is 24.0 Å². The number of carbonyl (C=O) groups is 1. The zero-order chi connectivity index (χ0) is 17.3. The largest absolute Gasteiger partial charge is 0.308 e. The van der Waals surface area contributed by atoms with Crippen LogP contribution in [0.3, 0.4) is 0 Å². The number of rotatable bonds is 4. The third-order valence-electron chi connectivity index (χ3n) is 3.93. The van der Waals surface area contributed by atoms with E-state index in [-0.39, 0.29) is 10.8 Å². The number of benzene rings is 2. The highest BCUT2D eigenvalue weighted by Gasteiger charge is 2.26. The maximum atomic E-state index is 12.7. The first-order valence-electron chi connectivity index (χ1n) is 7.62. The van der Waals surface area contributed by atoms with Crippen LogP contribution in [0.5, 0.6) is 0 Å². The maximum Gasteiger partial charge on any atom is 0.258 e. The van der Waals surface area contributed by atoms with E-state index in [4.69, 9.17) is 0 Å². The monoisotopic (exact) mass is 408 g/mol. The Morgan fingerprint density at radius 2 is 1.92 bits per heavy atom. The van der Waals surface area contributed by atoms with Crippen LogP contribution in [0.2, 0.25) is 0 Å². The summed E-state index contributed by atoms with van der Waals surface area (Å²) in [6.07, 6.45) is 0.813. The fourth-order valence-electron chi connectivity index (χ4n) is 2.79. The van der Waals surface area contributed by atoms with Crippen molar-refractivity contribution in [2.24, 2.45) is 0 Å². The first-order valence-corrected chi connectivity index (χ1v) is 9.90. The van der Waals surface area contributed by atoms with Gasteiger partial charge in [-0.15, -0.1) is 0 Å². The number of nitrogens with zero attached hydrogens (tertiary/aromatic N) is 1. The number of hydrogen-bond donors (Lipinski definition) is 1. The molecule has 0 bridgehead atoms. The van der Waals surface area contributed by atoms with E-state index in [0.29, 0.717) is 18.7 Å². The minimum Gasteiger partial charge on any atom is -0.308 e. The number of nitrogens with one attached hydrogen (secondary N) is 1. The van der Waals surface area contributed by atoms with Gasteiger partial charge in [-0.25, -0.2) is 13.1 Å². The van der Waals surface area contributed by atoms with Gasteiger partial charge >= 0.3 is 0 Å². The predicted octanol–water partition coefficient (Wildman–Crippen LogP) is 2.95. The summed E-state index contributed by atoms with van der Waals surface area (Å²) in [5.41, 5.74) is 2.51. The second-order valence-electron chi connectivity index (χ2n) is 5.51. The third kappa shape index (κ3) is 3.24. The highest BCUT2D eigenvalue weighted by Crippen LogP contribution is 2.31. The van der Waals surface area contributed by atoms with Crippen molar-refractivity contribution in [1.82, 2.24) is 4.72 Å². The molecule has 2 aromatic rings. The zero-order valence-electron chi connectivity index (χ0n) is 13.1. The highest BCUT2D eigenvalue weighted by molar-refractivity contribution is 9.10. The van der Waals surface area contributed by atoms with Gasteiger partial charge in [0.2, 0.25) is 10.0 Å². The summed E-state index contributed by atoms with van der Waals surface area (Å²) < 4.78 is 27.3. The minimum atomic E-state index is -3.51. The van der Waals surface area contributed by atoms with Crippen molar-refractivity contribution >= 4 is 37.5 Å². The van der Waals surface area contributed by atoms with E-state index < -0.39 is 10.0 Å². The van der Waals surface area contributed by atoms with Crippen LogP contribution >= 0.6 is 15.9 Å². The second kappa shape index (κ2) is 6.66. The van der Waals surface area contributed by atoms with Crippen LogP contribution in [0.25, 0.3) is 0 Å². The molecular formula is C17H17BrN2O3S. The lowest BCUT2D eigenvalue weighted by molar-refractivity contribution is 0.0989. The molecule has 0 unspecified atom stereocenters. The Morgan fingerprint density at radius 1 is 1.21 bits per heavy atom. The summed E-state index contributed by atoms with van der Waals surface area (Å²) in [6.45, 7) is 2.67. The quantitative estimate of drug-likeness (QED) is 0.845. The molecule has 24 heavy (non-hydrogen) atoms. The lowest BCUT2D eigenvalue weighted by Crippen LogP contribution is -2.29. The highest BCUT2D eigenvalue weighted by atomic mass is 79.9. The summed E-state index contributed by atoms with van der Waals surface area (Å²) >= 11 is 3.44. The Kier molecular flexibility index (Phi) is 4.76. The molecule has 0 fully saturated rings. The summed E-state index contributed by atoms with van der Waals surface area (Å²) in [6, 6.07) is 11.9. The van der Waals surface area contributed by atoms with Gasteiger partial charge in [0.15, 0.2) is 0 Å². The number of carbonyl (C=O) groups excluding carboxylic acids is 1. The van der Waals surface area contributed by atoms with Gasteiger partial charge in [-0.2, -0.15) is 0 Å². The van der Waals surface area contributed by atoms with Gasteiger partial charge in [-0.05, 0) is 54.4 Å². The number of fused-ring (bicyclic) bond motifs is 1. The van der Waals surface area contributed by atoms with Gasteiger partial charge in [-0.1, -0.05) is 22.9 Å². The van der Waals surface area contributed by atoms with Crippen molar-refractivity contribution in [1.29, 1.82) is 0 Å². The third-order valence-corrected chi connectivity index (χ3v) is 5.98. The zero-order valence-corrected chi connectivity index (χ0v) is 15.5. The fraction of sp³-hybridized carbons (Fsp3) is 0.235. The Balaban J connectivity index is 1.85. The predicted molar refractivity (Wildman–Crippen MR) is 96.8 cm³/mol. The molecule has 1 aliphatic rings. The molecule has 1 aliphatic heterocycles. The minimum absolute atomic E-state index is 0.122.